The molecule has 13 heavy (non-hydrogen) atoms. The minimum absolute atomic E-state index is 0.0533. The number of carboxylic acid groups (broad SMARTS) is 1. The molecule has 1 amide bonds. The van der Waals surface area contributed by atoms with E-state index in [1.165, 1.54) is 11.8 Å². The highest BCUT2D eigenvalue weighted by molar-refractivity contribution is 5.88. The van der Waals surface area contributed by atoms with Crippen LogP contribution in [0.1, 0.15) is 26.7 Å². The SMILES string of the molecule is CC(C(=O)O)N(C)C(=O)C1(C)CC1. The van der Waals surface area contributed by atoms with E-state index < -0.39 is 12.0 Å². The van der Waals surface area contributed by atoms with Gasteiger partial charge in [0.25, 0.3) is 0 Å². The second-order valence-electron chi connectivity index (χ2n) is 3.99. The lowest BCUT2D eigenvalue weighted by atomic mass is 10.1. The van der Waals surface area contributed by atoms with E-state index in [4.69, 9.17) is 5.11 Å². The topological polar surface area (TPSA) is 57.6 Å². The van der Waals surface area contributed by atoms with Crippen LogP contribution in [0.5, 0.6) is 0 Å². The van der Waals surface area contributed by atoms with Crippen LogP contribution in [0.15, 0.2) is 0 Å². The number of amides is 1. The molecular formula is C9H15NO3. The number of carboxylic acids is 1. The fourth-order valence-corrected chi connectivity index (χ4v) is 1.17. The Morgan fingerprint density at radius 1 is 1.46 bits per heavy atom. The number of hydrogen-bond acceptors (Lipinski definition) is 2. The van der Waals surface area contributed by atoms with Crippen molar-refractivity contribution in [2.75, 3.05) is 7.05 Å². The Labute approximate surface area is 77.5 Å². The third-order valence-electron chi connectivity index (χ3n) is 2.77. The predicted octanol–water partition coefficient (Wildman–Crippen LogP) is 0.718. The lowest BCUT2D eigenvalue weighted by Crippen LogP contribution is -2.43. The Bertz CT molecular complexity index is 245. The van der Waals surface area contributed by atoms with Gasteiger partial charge in [-0.15, -0.1) is 0 Å². The van der Waals surface area contributed by atoms with Gasteiger partial charge in [-0.2, -0.15) is 0 Å². The first-order valence-corrected chi connectivity index (χ1v) is 4.38. The molecule has 0 aliphatic heterocycles. The van der Waals surface area contributed by atoms with Crippen LogP contribution >= 0.6 is 0 Å². The molecule has 74 valence electrons. The third kappa shape index (κ3) is 1.82. The average molecular weight is 185 g/mol. The van der Waals surface area contributed by atoms with Crippen molar-refractivity contribution in [3.05, 3.63) is 0 Å². The lowest BCUT2D eigenvalue weighted by Gasteiger charge is -2.24. The normalized spacial score (nSPS) is 20.5. The number of carbonyl (C=O) groups is 2. The smallest absolute Gasteiger partial charge is 0.326 e. The minimum atomic E-state index is -0.958. The zero-order chi connectivity index (χ0) is 10.2. The Hall–Kier alpha value is -1.06. The second-order valence-corrected chi connectivity index (χ2v) is 3.99. The zero-order valence-corrected chi connectivity index (χ0v) is 8.20. The Morgan fingerprint density at radius 2 is 1.92 bits per heavy atom. The highest BCUT2D eigenvalue weighted by Crippen LogP contribution is 2.46. The molecule has 4 heteroatoms. The molecule has 1 N–H and O–H groups in total. The van der Waals surface area contributed by atoms with Crippen molar-refractivity contribution in [3.63, 3.8) is 0 Å². The fourth-order valence-electron chi connectivity index (χ4n) is 1.17. The van der Waals surface area contributed by atoms with Crippen LogP contribution in [0.2, 0.25) is 0 Å². The summed E-state index contributed by atoms with van der Waals surface area (Å²) in [5.41, 5.74) is -0.279. The van der Waals surface area contributed by atoms with Gasteiger partial charge in [0.1, 0.15) is 6.04 Å². The van der Waals surface area contributed by atoms with Crippen molar-refractivity contribution < 1.29 is 14.7 Å². The summed E-state index contributed by atoms with van der Waals surface area (Å²) in [4.78, 5) is 23.5. The molecule has 0 radical (unpaired) electrons. The van der Waals surface area contributed by atoms with Gasteiger partial charge in [-0.05, 0) is 19.8 Å². The number of likely N-dealkylation sites (N-methyl/N-ethyl adjacent to an activating group) is 1. The second kappa shape index (κ2) is 3.01. The quantitative estimate of drug-likeness (QED) is 0.704. The van der Waals surface area contributed by atoms with Gasteiger partial charge < -0.3 is 10.0 Å². The Kier molecular flexibility index (Phi) is 2.32. The van der Waals surface area contributed by atoms with Crippen molar-refractivity contribution in [2.24, 2.45) is 5.41 Å². The van der Waals surface area contributed by atoms with Crippen molar-refractivity contribution in [2.45, 2.75) is 32.7 Å². The monoisotopic (exact) mass is 185 g/mol. The molecule has 0 heterocycles. The van der Waals surface area contributed by atoms with Gasteiger partial charge in [0.2, 0.25) is 5.91 Å². The van der Waals surface area contributed by atoms with E-state index in [1.807, 2.05) is 6.92 Å². The van der Waals surface area contributed by atoms with Crippen LogP contribution in [-0.2, 0) is 9.59 Å². The summed E-state index contributed by atoms with van der Waals surface area (Å²) >= 11 is 0. The van der Waals surface area contributed by atoms with Crippen molar-refractivity contribution in [3.8, 4) is 0 Å². The molecule has 0 aromatic heterocycles. The van der Waals surface area contributed by atoms with Crippen LogP contribution in [0.4, 0.5) is 0 Å². The van der Waals surface area contributed by atoms with E-state index in [-0.39, 0.29) is 11.3 Å². The molecule has 0 aromatic carbocycles. The van der Waals surface area contributed by atoms with E-state index >= 15 is 0 Å². The summed E-state index contributed by atoms with van der Waals surface area (Å²) in [7, 11) is 1.55. The number of rotatable bonds is 3. The van der Waals surface area contributed by atoms with Gasteiger partial charge in [-0.25, -0.2) is 4.79 Å². The van der Waals surface area contributed by atoms with Gasteiger partial charge in [0.05, 0.1) is 0 Å². The summed E-state index contributed by atoms with van der Waals surface area (Å²) in [6.07, 6.45) is 1.75. The standard InChI is InChI=1S/C9H15NO3/c1-6(7(11)12)10(3)8(13)9(2)4-5-9/h6H,4-5H2,1-3H3,(H,11,12). The van der Waals surface area contributed by atoms with Crippen molar-refractivity contribution in [1.29, 1.82) is 0 Å². The maximum atomic E-state index is 11.6. The molecule has 1 unspecified atom stereocenters. The molecule has 1 atom stereocenters. The van der Waals surface area contributed by atoms with E-state index in [9.17, 15) is 9.59 Å². The summed E-state index contributed by atoms with van der Waals surface area (Å²) < 4.78 is 0. The number of nitrogens with zero attached hydrogens (tertiary/aromatic N) is 1. The van der Waals surface area contributed by atoms with E-state index in [0.29, 0.717) is 0 Å². The molecule has 1 saturated carbocycles. The summed E-state index contributed by atoms with van der Waals surface area (Å²) in [5.74, 6) is -1.01. The van der Waals surface area contributed by atoms with Crippen LogP contribution in [0, 0.1) is 5.41 Å². The molecule has 1 aliphatic carbocycles. The lowest BCUT2D eigenvalue weighted by molar-refractivity contribution is -0.150. The average Bonchev–Trinajstić information content (AvgIpc) is 2.80. The molecule has 1 aliphatic rings. The van der Waals surface area contributed by atoms with Crippen LogP contribution in [0.25, 0.3) is 0 Å². The molecule has 0 bridgehead atoms. The summed E-state index contributed by atoms with van der Waals surface area (Å²) in [5, 5.41) is 8.69. The molecule has 0 aromatic rings. The summed E-state index contributed by atoms with van der Waals surface area (Å²) in [6, 6.07) is -0.732. The summed E-state index contributed by atoms with van der Waals surface area (Å²) in [6.45, 7) is 3.40. The first kappa shape index (κ1) is 10.0. The highest BCUT2D eigenvalue weighted by atomic mass is 16.4. The van der Waals surface area contributed by atoms with E-state index in [1.54, 1.807) is 7.05 Å². The van der Waals surface area contributed by atoms with E-state index in [0.717, 1.165) is 12.8 Å². The number of aliphatic carboxylic acids is 1. The Morgan fingerprint density at radius 3 is 2.23 bits per heavy atom. The molecule has 1 rings (SSSR count). The van der Waals surface area contributed by atoms with Gasteiger partial charge in [0, 0.05) is 12.5 Å². The predicted molar refractivity (Wildman–Crippen MR) is 47.2 cm³/mol. The number of hydrogen-bond donors (Lipinski definition) is 1. The maximum Gasteiger partial charge on any atom is 0.326 e. The zero-order valence-electron chi connectivity index (χ0n) is 8.20. The minimum Gasteiger partial charge on any atom is -0.480 e. The molecule has 0 spiro atoms. The Balaban J connectivity index is 2.62. The highest BCUT2D eigenvalue weighted by Gasteiger charge is 2.47. The molecular weight excluding hydrogens is 170 g/mol. The molecule has 4 nitrogen and oxygen atoms in total. The van der Waals surface area contributed by atoms with Crippen molar-refractivity contribution in [1.82, 2.24) is 4.90 Å². The molecule has 1 fully saturated rings. The van der Waals surface area contributed by atoms with Gasteiger partial charge in [-0.1, -0.05) is 6.92 Å². The first-order chi connectivity index (χ1) is 5.88. The first-order valence-electron chi connectivity index (χ1n) is 4.38. The van der Waals surface area contributed by atoms with Crippen LogP contribution in [-0.4, -0.2) is 35.0 Å². The fraction of sp³-hybridized carbons (Fsp3) is 0.778. The van der Waals surface area contributed by atoms with Gasteiger partial charge in [-0.3, -0.25) is 4.79 Å². The maximum absolute atomic E-state index is 11.6. The van der Waals surface area contributed by atoms with Crippen LogP contribution in [0.3, 0.4) is 0 Å². The van der Waals surface area contributed by atoms with Gasteiger partial charge in [0.15, 0.2) is 0 Å². The van der Waals surface area contributed by atoms with Gasteiger partial charge >= 0.3 is 5.97 Å². The third-order valence-corrected chi connectivity index (χ3v) is 2.77. The largest absolute Gasteiger partial charge is 0.480 e. The number of carbonyl (C=O) groups excluding carboxylic acids is 1. The van der Waals surface area contributed by atoms with E-state index in [2.05, 4.69) is 0 Å². The van der Waals surface area contributed by atoms with Crippen LogP contribution < -0.4 is 0 Å². The molecule has 0 saturated heterocycles. The van der Waals surface area contributed by atoms with Crippen molar-refractivity contribution >= 4 is 11.9 Å².